The molecule has 24 heavy (non-hydrogen) atoms. The van der Waals surface area contributed by atoms with E-state index in [4.69, 9.17) is 4.74 Å². The van der Waals surface area contributed by atoms with Crippen LogP contribution in [0, 0.1) is 5.82 Å². The van der Waals surface area contributed by atoms with Gasteiger partial charge in [0.15, 0.2) is 0 Å². The van der Waals surface area contributed by atoms with E-state index in [1.54, 1.807) is 25.7 Å². The molecule has 0 aromatic heterocycles. The van der Waals surface area contributed by atoms with E-state index < -0.39 is 29.3 Å². The number of ether oxygens (including phenoxy) is 1. The van der Waals surface area contributed by atoms with Gasteiger partial charge in [-0.1, -0.05) is 0 Å². The van der Waals surface area contributed by atoms with Gasteiger partial charge < -0.3 is 15.0 Å². The summed E-state index contributed by atoms with van der Waals surface area (Å²) in [6, 6.07) is 2.68. The summed E-state index contributed by atoms with van der Waals surface area (Å²) < 4.78 is 56.9. The van der Waals surface area contributed by atoms with Crippen LogP contribution in [0.1, 0.15) is 32.8 Å². The number of nitrogens with one attached hydrogen (secondary N) is 1. The number of hydrogen-bond acceptors (Lipinski definition) is 3. The zero-order valence-corrected chi connectivity index (χ0v) is 13.7. The Morgan fingerprint density at radius 2 is 1.96 bits per heavy atom. The average Bonchev–Trinajstić information content (AvgIpc) is 2.83. The molecule has 1 aliphatic rings. The van der Waals surface area contributed by atoms with Gasteiger partial charge in [0.05, 0.1) is 11.6 Å². The first-order valence-electron chi connectivity index (χ1n) is 7.57. The van der Waals surface area contributed by atoms with Crippen LogP contribution < -0.4 is 10.2 Å². The molecule has 0 unspecified atom stereocenters. The monoisotopic (exact) mass is 348 g/mol. The first-order chi connectivity index (χ1) is 11.0. The summed E-state index contributed by atoms with van der Waals surface area (Å²) in [4.78, 5) is 13.4. The topological polar surface area (TPSA) is 41.6 Å². The number of alkyl carbamates (subject to hydrolysis) is 1. The molecule has 0 spiro atoms. The number of nitrogens with zero attached hydrogens (tertiary/aromatic N) is 1. The van der Waals surface area contributed by atoms with E-state index in [-0.39, 0.29) is 11.7 Å². The van der Waals surface area contributed by atoms with Crippen LogP contribution >= 0.6 is 0 Å². The third kappa shape index (κ3) is 4.75. The van der Waals surface area contributed by atoms with Crippen LogP contribution in [0.15, 0.2) is 18.2 Å². The van der Waals surface area contributed by atoms with Crippen molar-refractivity contribution in [2.75, 3.05) is 18.0 Å². The highest BCUT2D eigenvalue weighted by Gasteiger charge is 2.35. The molecule has 1 aliphatic heterocycles. The molecule has 1 atom stereocenters. The lowest BCUT2D eigenvalue weighted by Gasteiger charge is -2.23. The van der Waals surface area contributed by atoms with Crippen molar-refractivity contribution < 1.29 is 27.1 Å². The number of anilines is 1. The van der Waals surface area contributed by atoms with Crippen LogP contribution in [0.2, 0.25) is 0 Å². The molecule has 134 valence electrons. The summed E-state index contributed by atoms with van der Waals surface area (Å²) >= 11 is 0. The highest BCUT2D eigenvalue weighted by molar-refractivity contribution is 5.68. The molecule has 0 bridgehead atoms. The quantitative estimate of drug-likeness (QED) is 0.823. The maximum absolute atomic E-state index is 13.3. The van der Waals surface area contributed by atoms with Crippen molar-refractivity contribution in [2.45, 2.75) is 45.0 Å². The van der Waals surface area contributed by atoms with E-state index >= 15 is 0 Å². The van der Waals surface area contributed by atoms with Gasteiger partial charge in [-0.15, -0.1) is 0 Å². The van der Waals surface area contributed by atoms with Gasteiger partial charge in [0, 0.05) is 18.8 Å². The Bertz CT molecular complexity index is 611. The summed E-state index contributed by atoms with van der Waals surface area (Å²) in [5.41, 5.74) is -1.64. The number of alkyl halides is 3. The smallest absolute Gasteiger partial charge is 0.419 e. The van der Waals surface area contributed by atoms with E-state index in [2.05, 4.69) is 5.32 Å². The Morgan fingerprint density at radius 3 is 2.54 bits per heavy atom. The number of carbonyl (C=O) groups is 1. The fourth-order valence-corrected chi connectivity index (χ4v) is 2.51. The van der Waals surface area contributed by atoms with Crippen molar-refractivity contribution in [2.24, 2.45) is 0 Å². The van der Waals surface area contributed by atoms with Gasteiger partial charge in [-0.05, 0) is 45.4 Å². The molecule has 1 saturated heterocycles. The molecule has 2 rings (SSSR count). The summed E-state index contributed by atoms with van der Waals surface area (Å²) in [5, 5.41) is 2.69. The minimum absolute atomic E-state index is 0.237. The number of rotatable bonds is 2. The standard InChI is InChI=1S/C16H20F4N2O2/c1-15(2,3)24-14(23)21-10-6-7-22(9-10)11-4-5-13(17)12(8-11)16(18,19)20/h4-5,8,10H,6-7,9H2,1-3H3,(H,21,23)/t10-/m1/s1. The lowest BCUT2D eigenvalue weighted by Crippen LogP contribution is -2.40. The zero-order chi connectivity index (χ0) is 18.1. The fraction of sp³-hybridized carbons (Fsp3) is 0.562. The first kappa shape index (κ1) is 18.4. The molecule has 1 N–H and O–H groups in total. The fourth-order valence-electron chi connectivity index (χ4n) is 2.51. The second-order valence-corrected chi connectivity index (χ2v) is 6.74. The highest BCUT2D eigenvalue weighted by Crippen LogP contribution is 2.34. The molecule has 1 heterocycles. The van der Waals surface area contributed by atoms with Crippen LogP contribution in [-0.2, 0) is 10.9 Å². The van der Waals surface area contributed by atoms with Gasteiger partial charge in [0.1, 0.15) is 11.4 Å². The summed E-state index contributed by atoms with van der Waals surface area (Å²) in [5.74, 6) is -1.30. The van der Waals surface area contributed by atoms with Crippen molar-refractivity contribution in [3.05, 3.63) is 29.6 Å². The molecular weight excluding hydrogens is 328 g/mol. The third-order valence-electron chi connectivity index (χ3n) is 3.53. The molecule has 0 aliphatic carbocycles. The molecule has 8 heteroatoms. The van der Waals surface area contributed by atoms with E-state index in [9.17, 15) is 22.4 Å². The van der Waals surface area contributed by atoms with Crippen LogP contribution in [0.25, 0.3) is 0 Å². The largest absolute Gasteiger partial charge is 0.444 e. The van der Waals surface area contributed by atoms with E-state index in [1.807, 2.05) is 0 Å². The van der Waals surface area contributed by atoms with Gasteiger partial charge in [0.25, 0.3) is 0 Å². The predicted octanol–water partition coefficient (Wildman–Crippen LogP) is 3.95. The molecule has 1 fully saturated rings. The van der Waals surface area contributed by atoms with Crippen molar-refractivity contribution >= 4 is 11.8 Å². The maximum atomic E-state index is 13.3. The van der Waals surface area contributed by atoms with Gasteiger partial charge >= 0.3 is 12.3 Å². The van der Waals surface area contributed by atoms with Gasteiger partial charge in [-0.3, -0.25) is 0 Å². The van der Waals surface area contributed by atoms with Crippen molar-refractivity contribution in [1.82, 2.24) is 5.32 Å². The summed E-state index contributed by atoms with van der Waals surface area (Å²) in [6.45, 7) is 6.02. The van der Waals surface area contributed by atoms with Crippen LogP contribution in [0.4, 0.5) is 28.0 Å². The predicted molar refractivity (Wildman–Crippen MR) is 81.4 cm³/mol. The summed E-state index contributed by atoms with van der Waals surface area (Å²) in [7, 11) is 0. The zero-order valence-electron chi connectivity index (χ0n) is 13.7. The molecular formula is C16H20F4N2O2. The van der Waals surface area contributed by atoms with Crippen molar-refractivity contribution in [3.63, 3.8) is 0 Å². The van der Waals surface area contributed by atoms with Crippen molar-refractivity contribution in [3.8, 4) is 0 Å². The lowest BCUT2D eigenvalue weighted by molar-refractivity contribution is -0.139. The Labute approximate surface area is 137 Å². The maximum Gasteiger partial charge on any atom is 0.419 e. The molecule has 1 aromatic rings. The highest BCUT2D eigenvalue weighted by atomic mass is 19.4. The first-order valence-corrected chi connectivity index (χ1v) is 7.57. The van der Waals surface area contributed by atoms with Crippen LogP contribution in [0.5, 0.6) is 0 Å². The number of carbonyl (C=O) groups excluding carboxylic acids is 1. The molecule has 4 nitrogen and oxygen atoms in total. The second-order valence-electron chi connectivity index (χ2n) is 6.74. The molecule has 0 radical (unpaired) electrons. The normalized spacial score (nSPS) is 18.6. The number of amides is 1. The number of hydrogen-bond donors (Lipinski definition) is 1. The van der Waals surface area contributed by atoms with Crippen LogP contribution in [-0.4, -0.2) is 30.8 Å². The Kier molecular flexibility index (Phi) is 4.96. The van der Waals surface area contributed by atoms with Gasteiger partial charge in [-0.25, -0.2) is 9.18 Å². The number of halogens is 4. The van der Waals surface area contributed by atoms with E-state index in [0.717, 1.165) is 12.1 Å². The third-order valence-corrected chi connectivity index (χ3v) is 3.53. The summed E-state index contributed by atoms with van der Waals surface area (Å²) in [6.07, 6.45) is -4.74. The molecule has 1 amide bonds. The minimum atomic E-state index is -4.74. The van der Waals surface area contributed by atoms with Crippen molar-refractivity contribution in [1.29, 1.82) is 0 Å². The van der Waals surface area contributed by atoms with Gasteiger partial charge in [-0.2, -0.15) is 13.2 Å². The Balaban J connectivity index is 2.02. The lowest BCUT2D eigenvalue weighted by atomic mass is 10.1. The molecule has 1 aromatic carbocycles. The Morgan fingerprint density at radius 1 is 1.29 bits per heavy atom. The average molecular weight is 348 g/mol. The van der Waals surface area contributed by atoms with Crippen LogP contribution in [0.3, 0.4) is 0 Å². The SMILES string of the molecule is CC(C)(C)OC(=O)N[C@@H]1CCN(c2ccc(F)c(C(F)(F)F)c2)C1. The second kappa shape index (κ2) is 6.49. The van der Waals surface area contributed by atoms with E-state index in [0.29, 0.717) is 19.5 Å². The van der Waals surface area contributed by atoms with E-state index in [1.165, 1.54) is 6.07 Å². The minimum Gasteiger partial charge on any atom is -0.444 e. The number of benzene rings is 1. The Hall–Kier alpha value is -1.99. The van der Waals surface area contributed by atoms with Gasteiger partial charge in [0.2, 0.25) is 0 Å². The molecule has 0 saturated carbocycles.